The first-order valence-electron chi connectivity index (χ1n) is 8.18. The summed E-state index contributed by atoms with van der Waals surface area (Å²) >= 11 is 0. The third-order valence-electron chi connectivity index (χ3n) is 4.36. The van der Waals surface area contributed by atoms with E-state index in [2.05, 4.69) is 39.5 Å². The maximum Gasteiger partial charge on any atom is 0.0346 e. The lowest BCUT2D eigenvalue weighted by Gasteiger charge is -2.26. The van der Waals surface area contributed by atoms with Gasteiger partial charge in [-0.3, -0.25) is 4.98 Å². The van der Waals surface area contributed by atoms with Gasteiger partial charge in [0, 0.05) is 24.3 Å². The predicted molar refractivity (Wildman–Crippen MR) is 88.4 cm³/mol. The van der Waals surface area contributed by atoms with E-state index in [9.17, 15) is 0 Å². The number of benzene rings is 1. The van der Waals surface area contributed by atoms with Gasteiger partial charge in [0.2, 0.25) is 0 Å². The number of nitrogens with zero attached hydrogens (tertiary/aromatic N) is 2. The summed E-state index contributed by atoms with van der Waals surface area (Å²) in [5.74, 6) is 0. The molecule has 1 fully saturated rings. The molecule has 3 rings (SSSR count). The van der Waals surface area contributed by atoms with E-state index in [1.165, 1.54) is 61.7 Å². The third kappa shape index (κ3) is 4.02. The Balaban J connectivity index is 1.44. The van der Waals surface area contributed by atoms with E-state index in [1.807, 2.05) is 12.4 Å². The van der Waals surface area contributed by atoms with Crippen molar-refractivity contribution >= 4 is 10.8 Å². The maximum absolute atomic E-state index is 4.19. The molecule has 1 aromatic heterocycles. The lowest BCUT2D eigenvalue weighted by atomic mass is 10.1. The average Bonchev–Trinajstić information content (AvgIpc) is 2.56. The fourth-order valence-corrected chi connectivity index (χ4v) is 3.18. The van der Waals surface area contributed by atoms with Crippen LogP contribution in [0.4, 0.5) is 0 Å². The smallest absolute Gasteiger partial charge is 0.0346 e. The normalized spacial score (nSPS) is 16.4. The fourth-order valence-electron chi connectivity index (χ4n) is 3.18. The van der Waals surface area contributed by atoms with Gasteiger partial charge in [-0.2, -0.15) is 0 Å². The number of nitrogens with one attached hydrogen (secondary N) is 1. The Bertz CT molecular complexity index is 556. The van der Waals surface area contributed by atoms with Crippen molar-refractivity contribution in [3.63, 3.8) is 0 Å². The SMILES string of the molecule is c1cc(CNCCCN2CCCCC2)c2ccncc2c1. The van der Waals surface area contributed by atoms with Crippen molar-refractivity contribution < 1.29 is 0 Å². The molecule has 1 N–H and O–H groups in total. The number of pyridine rings is 1. The highest BCUT2D eigenvalue weighted by Gasteiger charge is 2.08. The minimum Gasteiger partial charge on any atom is -0.313 e. The summed E-state index contributed by atoms with van der Waals surface area (Å²) in [6, 6.07) is 8.57. The first-order chi connectivity index (χ1) is 10.4. The molecule has 2 aromatic rings. The number of aromatic nitrogens is 1. The van der Waals surface area contributed by atoms with Crippen molar-refractivity contribution in [2.24, 2.45) is 0 Å². The summed E-state index contributed by atoms with van der Waals surface area (Å²) < 4.78 is 0. The lowest BCUT2D eigenvalue weighted by Crippen LogP contribution is -2.32. The van der Waals surface area contributed by atoms with Gasteiger partial charge in [-0.1, -0.05) is 24.6 Å². The Morgan fingerprint density at radius 1 is 1.10 bits per heavy atom. The van der Waals surface area contributed by atoms with Crippen molar-refractivity contribution in [2.75, 3.05) is 26.2 Å². The van der Waals surface area contributed by atoms with Crippen molar-refractivity contribution in [3.8, 4) is 0 Å². The molecule has 3 nitrogen and oxygen atoms in total. The van der Waals surface area contributed by atoms with Crippen molar-refractivity contribution in [1.29, 1.82) is 0 Å². The van der Waals surface area contributed by atoms with E-state index in [0.717, 1.165) is 13.1 Å². The van der Waals surface area contributed by atoms with Crippen LogP contribution in [0.25, 0.3) is 10.8 Å². The van der Waals surface area contributed by atoms with Gasteiger partial charge in [0.25, 0.3) is 0 Å². The van der Waals surface area contributed by atoms with Gasteiger partial charge in [0.15, 0.2) is 0 Å². The molecule has 0 amide bonds. The van der Waals surface area contributed by atoms with Crippen molar-refractivity contribution in [3.05, 3.63) is 42.2 Å². The van der Waals surface area contributed by atoms with Crippen LogP contribution in [0.15, 0.2) is 36.7 Å². The van der Waals surface area contributed by atoms with Gasteiger partial charge in [-0.05, 0) is 62.5 Å². The molecular formula is C18H25N3. The molecule has 1 aromatic carbocycles. The number of likely N-dealkylation sites (tertiary alicyclic amines) is 1. The second-order valence-corrected chi connectivity index (χ2v) is 5.95. The lowest BCUT2D eigenvalue weighted by molar-refractivity contribution is 0.225. The molecule has 0 radical (unpaired) electrons. The summed E-state index contributed by atoms with van der Waals surface area (Å²) in [4.78, 5) is 6.80. The topological polar surface area (TPSA) is 28.2 Å². The Kier molecular flexibility index (Phi) is 5.19. The van der Waals surface area contributed by atoms with Crippen molar-refractivity contribution in [2.45, 2.75) is 32.2 Å². The van der Waals surface area contributed by atoms with E-state index in [1.54, 1.807) is 0 Å². The maximum atomic E-state index is 4.19. The number of hydrogen-bond donors (Lipinski definition) is 1. The Morgan fingerprint density at radius 2 is 2.00 bits per heavy atom. The zero-order valence-electron chi connectivity index (χ0n) is 12.7. The highest BCUT2D eigenvalue weighted by Crippen LogP contribution is 2.17. The first kappa shape index (κ1) is 14.5. The van der Waals surface area contributed by atoms with Crippen LogP contribution in [-0.4, -0.2) is 36.1 Å². The quantitative estimate of drug-likeness (QED) is 0.825. The molecule has 0 saturated carbocycles. The molecule has 0 bridgehead atoms. The van der Waals surface area contributed by atoms with Crippen LogP contribution in [0.3, 0.4) is 0 Å². The number of fused-ring (bicyclic) bond motifs is 1. The van der Waals surface area contributed by atoms with Gasteiger partial charge >= 0.3 is 0 Å². The van der Waals surface area contributed by atoms with Gasteiger partial charge in [0.1, 0.15) is 0 Å². The van der Waals surface area contributed by atoms with E-state index < -0.39 is 0 Å². The molecule has 0 unspecified atom stereocenters. The molecule has 3 heteroatoms. The molecule has 0 atom stereocenters. The summed E-state index contributed by atoms with van der Waals surface area (Å²) in [6.07, 6.45) is 9.25. The highest BCUT2D eigenvalue weighted by atomic mass is 15.1. The van der Waals surface area contributed by atoms with Gasteiger partial charge in [-0.15, -0.1) is 0 Å². The number of piperidine rings is 1. The largest absolute Gasteiger partial charge is 0.313 e. The summed E-state index contributed by atoms with van der Waals surface area (Å²) in [7, 11) is 0. The molecule has 0 aliphatic carbocycles. The summed E-state index contributed by atoms with van der Waals surface area (Å²) in [6.45, 7) is 5.89. The van der Waals surface area contributed by atoms with E-state index in [0.29, 0.717) is 0 Å². The molecule has 0 spiro atoms. The predicted octanol–water partition coefficient (Wildman–Crippen LogP) is 3.20. The molecule has 112 valence electrons. The molecule has 1 aliphatic rings. The van der Waals surface area contributed by atoms with Crippen LogP contribution in [0.5, 0.6) is 0 Å². The Morgan fingerprint density at radius 3 is 2.90 bits per heavy atom. The highest BCUT2D eigenvalue weighted by molar-refractivity contribution is 5.84. The first-order valence-corrected chi connectivity index (χ1v) is 8.18. The van der Waals surface area contributed by atoms with Crippen LogP contribution in [0.2, 0.25) is 0 Å². The molecule has 1 aliphatic heterocycles. The second kappa shape index (κ2) is 7.53. The van der Waals surface area contributed by atoms with Crippen LogP contribution in [-0.2, 0) is 6.54 Å². The standard InChI is InChI=1S/C18H25N3/c1-2-11-21(12-3-1)13-5-9-19-14-16-6-4-7-17-15-20-10-8-18(16)17/h4,6-8,10,15,19H,1-3,5,9,11-14H2. The summed E-state index contributed by atoms with van der Waals surface area (Å²) in [5.41, 5.74) is 1.37. The summed E-state index contributed by atoms with van der Waals surface area (Å²) in [5, 5.41) is 6.13. The molecule has 1 saturated heterocycles. The zero-order chi connectivity index (χ0) is 14.3. The number of rotatable bonds is 6. The van der Waals surface area contributed by atoms with Crippen LogP contribution < -0.4 is 5.32 Å². The van der Waals surface area contributed by atoms with Gasteiger partial charge in [0.05, 0.1) is 0 Å². The average molecular weight is 283 g/mol. The van der Waals surface area contributed by atoms with E-state index in [4.69, 9.17) is 0 Å². The Hall–Kier alpha value is -1.45. The molecule has 21 heavy (non-hydrogen) atoms. The monoisotopic (exact) mass is 283 g/mol. The van der Waals surface area contributed by atoms with Gasteiger partial charge < -0.3 is 10.2 Å². The van der Waals surface area contributed by atoms with Crippen LogP contribution >= 0.6 is 0 Å². The molecule has 2 heterocycles. The zero-order valence-corrected chi connectivity index (χ0v) is 12.7. The minimum atomic E-state index is 0.946. The van der Waals surface area contributed by atoms with Gasteiger partial charge in [-0.25, -0.2) is 0 Å². The van der Waals surface area contributed by atoms with E-state index in [-0.39, 0.29) is 0 Å². The fraction of sp³-hybridized carbons (Fsp3) is 0.500. The third-order valence-corrected chi connectivity index (χ3v) is 4.36. The minimum absolute atomic E-state index is 0.946. The van der Waals surface area contributed by atoms with Crippen molar-refractivity contribution in [1.82, 2.24) is 15.2 Å². The van der Waals surface area contributed by atoms with Crippen LogP contribution in [0, 0.1) is 0 Å². The second-order valence-electron chi connectivity index (χ2n) is 5.95. The van der Waals surface area contributed by atoms with Crippen LogP contribution in [0.1, 0.15) is 31.2 Å². The Labute approximate surface area is 127 Å². The molecular weight excluding hydrogens is 258 g/mol. The van der Waals surface area contributed by atoms with E-state index >= 15 is 0 Å². The number of hydrogen-bond acceptors (Lipinski definition) is 3.